The van der Waals surface area contributed by atoms with Crippen LogP contribution >= 0.6 is 0 Å². The molecule has 2 heterocycles. The summed E-state index contributed by atoms with van der Waals surface area (Å²) < 4.78 is 60.9. The van der Waals surface area contributed by atoms with Crippen molar-refractivity contribution in [2.24, 2.45) is 0 Å². The predicted molar refractivity (Wildman–Crippen MR) is 109 cm³/mol. The van der Waals surface area contributed by atoms with Crippen LogP contribution in [0.5, 0.6) is 11.5 Å². The van der Waals surface area contributed by atoms with Gasteiger partial charge in [0.05, 0.1) is 16.7 Å². The molecule has 0 bridgehead atoms. The van der Waals surface area contributed by atoms with Crippen LogP contribution in [0.1, 0.15) is 26.2 Å². The van der Waals surface area contributed by atoms with Crippen molar-refractivity contribution < 1.29 is 21.6 Å². The molecule has 0 aromatic heterocycles. The van der Waals surface area contributed by atoms with Crippen LogP contribution in [0.3, 0.4) is 0 Å². The van der Waals surface area contributed by atoms with Gasteiger partial charge in [0.1, 0.15) is 16.4 Å². The Bertz CT molecular complexity index is 1130. The molecule has 0 spiro atoms. The SMILES string of the molecule is CCCNS(=O)(=O)c1cccc(Oc2ccc3c(c2)S(=O)(=O)NC2CCCN32)c1. The molecule has 0 aliphatic carbocycles. The fraction of sp³-hybridized carbons (Fsp3) is 0.368. The molecule has 1 fully saturated rings. The summed E-state index contributed by atoms with van der Waals surface area (Å²) in [6.07, 6.45) is 2.20. The Hall–Kier alpha value is -2.14. The van der Waals surface area contributed by atoms with Crippen LogP contribution in [0.2, 0.25) is 0 Å². The maximum Gasteiger partial charge on any atom is 0.244 e. The number of hydrogen-bond acceptors (Lipinski definition) is 6. The largest absolute Gasteiger partial charge is 0.457 e. The highest BCUT2D eigenvalue weighted by atomic mass is 32.2. The van der Waals surface area contributed by atoms with E-state index in [9.17, 15) is 16.8 Å². The molecule has 2 aromatic carbocycles. The van der Waals surface area contributed by atoms with Crippen LogP contribution in [0.25, 0.3) is 0 Å². The first-order valence-corrected chi connectivity index (χ1v) is 12.5. The van der Waals surface area contributed by atoms with Crippen molar-refractivity contribution in [1.82, 2.24) is 9.44 Å². The summed E-state index contributed by atoms with van der Waals surface area (Å²) in [6.45, 7) is 3.02. The first-order chi connectivity index (χ1) is 13.8. The third-order valence-electron chi connectivity index (χ3n) is 4.97. The fourth-order valence-corrected chi connectivity index (χ4v) is 6.22. The molecule has 0 saturated carbocycles. The van der Waals surface area contributed by atoms with Crippen molar-refractivity contribution >= 4 is 25.7 Å². The Morgan fingerprint density at radius 3 is 2.79 bits per heavy atom. The van der Waals surface area contributed by atoms with Gasteiger partial charge < -0.3 is 9.64 Å². The molecule has 2 aromatic rings. The number of nitrogens with zero attached hydrogens (tertiary/aromatic N) is 1. The van der Waals surface area contributed by atoms with Crippen molar-refractivity contribution in [1.29, 1.82) is 0 Å². The van der Waals surface area contributed by atoms with Gasteiger partial charge in [-0.1, -0.05) is 13.0 Å². The molecule has 2 aliphatic heterocycles. The second-order valence-electron chi connectivity index (χ2n) is 7.08. The number of ether oxygens (including phenoxy) is 1. The Labute approximate surface area is 171 Å². The molecule has 2 N–H and O–H groups in total. The van der Waals surface area contributed by atoms with Gasteiger partial charge in [-0.2, -0.15) is 4.72 Å². The lowest BCUT2D eigenvalue weighted by Crippen LogP contribution is -2.48. The minimum absolute atomic E-state index is 0.0932. The van der Waals surface area contributed by atoms with Gasteiger partial charge >= 0.3 is 0 Å². The third-order valence-corrected chi connectivity index (χ3v) is 7.91. The lowest BCUT2D eigenvalue weighted by atomic mass is 10.2. The number of hydrogen-bond donors (Lipinski definition) is 2. The Morgan fingerprint density at radius 1 is 1.21 bits per heavy atom. The first-order valence-electron chi connectivity index (χ1n) is 9.51. The molecule has 156 valence electrons. The molecular formula is C19H23N3O5S2. The summed E-state index contributed by atoms with van der Waals surface area (Å²) in [5.41, 5.74) is 0.665. The summed E-state index contributed by atoms with van der Waals surface area (Å²) in [7, 11) is -7.25. The van der Waals surface area contributed by atoms with Crippen LogP contribution in [0.4, 0.5) is 5.69 Å². The van der Waals surface area contributed by atoms with E-state index < -0.39 is 20.0 Å². The van der Waals surface area contributed by atoms with E-state index in [0.717, 1.165) is 19.4 Å². The van der Waals surface area contributed by atoms with Crippen LogP contribution < -0.4 is 19.1 Å². The van der Waals surface area contributed by atoms with Crippen LogP contribution in [-0.2, 0) is 20.0 Å². The van der Waals surface area contributed by atoms with Gasteiger partial charge in [0, 0.05) is 25.2 Å². The standard InChI is InChI=1S/C19H23N3O5S2/c1-2-10-20-28(23,24)16-6-3-5-14(12-16)27-15-8-9-17-18(13-15)29(25,26)21-19-7-4-11-22(17)19/h3,5-6,8-9,12-13,19-21H,2,4,7,10-11H2,1H3. The van der Waals surface area contributed by atoms with Gasteiger partial charge in [0.2, 0.25) is 20.0 Å². The average Bonchev–Trinajstić information content (AvgIpc) is 3.14. The zero-order valence-corrected chi connectivity index (χ0v) is 17.6. The van der Waals surface area contributed by atoms with Gasteiger partial charge in [-0.05, 0) is 43.5 Å². The van der Waals surface area contributed by atoms with Gasteiger partial charge in [-0.3, -0.25) is 0 Å². The van der Waals surface area contributed by atoms with Crippen molar-refractivity contribution in [2.45, 2.75) is 42.1 Å². The molecule has 4 rings (SSSR count). The summed E-state index contributed by atoms with van der Waals surface area (Å²) in [6, 6.07) is 11.0. The summed E-state index contributed by atoms with van der Waals surface area (Å²) in [5.74, 6) is 0.632. The van der Waals surface area contributed by atoms with Crippen molar-refractivity contribution in [3.8, 4) is 11.5 Å². The van der Waals surface area contributed by atoms with Crippen molar-refractivity contribution in [3.63, 3.8) is 0 Å². The van der Waals surface area contributed by atoms with E-state index in [1.54, 1.807) is 24.3 Å². The molecule has 29 heavy (non-hydrogen) atoms. The zero-order chi connectivity index (χ0) is 20.6. The lowest BCUT2D eigenvalue weighted by Gasteiger charge is -2.33. The Morgan fingerprint density at radius 2 is 2.00 bits per heavy atom. The number of anilines is 1. The van der Waals surface area contributed by atoms with E-state index in [0.29, 0.717) is 30.2 Å². The second-order valence-corrected chi connectivity index (χ2v) is 10.5. The summed E-state index contributed by atoms with van der Waals surface area (Å²) >= 11 is 0. The number of nitrogens with one attached hydrogen (secondary N) is 2. The van der Waals surface area contributed by atoms with Crippen molar-refractivity contribution in [2.75, 3.05) is 18.0 Å². The Kier molecular flexibility index (Phi) is 5.28. The number of rotatable bonds is 6. The molecule has 2 aliphatic rings. The van der Waals surface area contributed by atoms with E-state index >= 15 is 0 Å². The monoisotopic (exact) mass is 437 g/mol. The van der Waals surface area contributed by atoms with E-state index in [-0.39, 0.29) is 16.0 Å². The van der Waals surface area contributed by atoms with Gasteiger partial charge in [-0.15, -0.1) is 0 Å². The van der Waals surface area contributed by atoms with Crippen LogP contribution in [0.15, 0.2) is 52.3 Å². The summed E-state index contributed by atoms with van der Waals surface area (Å²) in [4.78, 5) is 2.31. The molecule has 0 radical (unpaired) electrons. The van der Waals surface area contributed by atoms with Crippen molar-refractivity contribution in [3.05, 3.63) is 42.5 Å². The maximum atomic E-state index is 12.6. The minimum atomic E-state index is -3.63. The van der Waals surface area contributed by atoms with Crippen LogP contribution in [-0.4, -0.2) is 36.1 Å². The highest BCUT2D eigenvalue weighted by Crippen LogP contribution is 2.38. The number of sulfonamides is 2. The molecular weight excluding hydrogens is 414 g/mol. The average molecular weight is 438 g/mol. The molecule has 1 saturated heterocycles. The molecule has 1 atom stereocenters. The molecule has 1 unspecified atom stereocenters. The summed E-state index contributed by atoms with van der Waals surface area (Å²) in [5, 5.41) is 0. The highest BCUT2D eigenvalue weighted by Gasteiger charge is 2.37. The van der Waals surface area contributed by atoms with E-state index in [1.165, 1.54) is 18.2 Å². The molecule has 10 heteroatoms. The zero-order valence-electron chi connectivity index (χ0n) is 16.0. The smallest absolute Gasteiger partial charge is 0.244 e. The quantitative estimate of drug-likeness (QED) is 0.719. The second kappa shape index (κ2) is 7.60. The normalized spacial score (nSPS) is 20.2. The number of fused-ring (bicyclic) bond motifs is 3. The third kappa shape index (κ3) is 3.97. The maximum absolute atomic E-state index is 12.6. The van der Waals surface area contributed by atoms with Gasteiger partial charge in [0.15, 0.2) is 0 Å². The van der Waals surface area contributed by atoms with E-state index in [4.69, 9.17) is 4.74 Å². The van der Waals surface area contributed by atoms with E-state index in [1.807, 2.05) is 11.8 Å². The molecule has 0 amide bonds. The lowest BCUT2D eigenvalue weighted by molar-refractivity contribution is 0.477. The van der Waals surface area contributed by atoms with Gasteiger partial charge in [-0.25, -0.2) is 21.6 Å². The fourth-order valence-electron chi connectivity index (χ4n) is 3.59. The highest BCUT2D eigenvalue weighted by molar-refractivity contribution is 7.90. The topological polar surface area (TPSA) is 105 Å². The molecule has 8 nitrogen and oxygen atoms in total. The predicted octanol–water partition coefficient (Wildman–Crippen LogP) is 2.39. The van der Waals surface area contributed by atoms with E-state index in [2.05, 4.69) is 9.44 Å². The first kappa shape index (κ1) is 20.1. The minimum Gasteiger partial charge on any atom is -0.457 e. The van der Waals surface area contributed by atoms with Gasteiger partial charge in [0.25, 0.3) is 0 Å². The Balaban J connectivity index is 1.63. The number of benzene rings is 2. The van der Waals surface area contributed by atoms with Crippen LogP contribution in [0, 0.1) is 0 Å².